The first kappa shape index (κ1) is 15.4. The Balaban J connectivity index is 2.19. The molecule has 1 atom stereocenters. The minimum absolute atomic E-state index is 0.204. The Morgan fingerprint density at radius 3 is 2.90 bits per heavy atom. The molecule has 1 amide bonds. The van der Waals surface area contributed by atoms with Crippen LogP contribution < -0.4 is 5.32 Å². The fourth-order valence-corrected chi connectivity index (χ4v) is 2.50. The molecule has 0 aliphatic carbocycles. The molecular formula is C14H18FN3O3. The molecule has 1 aliphatic heterocycles. The quantitative estimate of drug-likeness (QED) is 0.665. The van der Waals surface area contributed by atoms with Crippen LogP contribution in [0.25, 0.3) is 0 Å². The van der Waals surface area contributed by atoms with E-state index in [1.54, 1.807) is 0 Å². The highest BCUT2D eigenvalue weighted by molar-refractivity contribution is 5.95. The molecule has 0 aromatic heterocycles. The average molecular weight is 295 g/mol. The van der Waals surface area contributed by atoms with Crippen molar-refractivity contribution in [1.82, 2.24) is 10.2 Å². The summed E-state index contributed by atoms with van der Waals surface area (Å²) in [5.41, 5.74) is -0.529. The predicted molar refractivity (Wildman–Crippen MR) is 75.7 cm³/mol. The van der Waals surface area contributed by atoms with Crippen molar-refractivity contribution in [2.45, 2.75) is 25.8 Å². The first-order valence-electron chi connectivity index (χ1n) is 6.99. The molecule has 0 bridgehead atoms. The van der Waals surface area contributed by atoms with Crippen molar-refractivity contribution in [2.75, 3.05) is 19.6 Å². The van der Waals surface area contributed by atoms with E-state index in [1.807, 2.05) is 6.92 Å². The van der Waals surface area contributed by atoms with Crippen LogP contribution in [0.2, 0.25) is 0 Å². The second-order valence-electron chi connectivity index (χ2n) is 5.06. The fraction of sp³-hybridized carbons (Fsp3) is 0.500. The van der Waals surface area contributed by atoms with Crippen LogP contribution in [0.3, 0.4) is 0 Å². The van der Waals surface area contributed by atoms with Crippen molar-refractivity contribution in [1.29, 1.82) is 0 Å². The SMILES string of the molecule is CCN(CC1CCCN1)C(=O)c1cc([N+](=O)[O-])ccc1F. The van der Waals surface area contributed by atoms with E-state index in [1.165, 1.54) is 4.90 Å². The summed E-state index contributed by atoms with van der Waals surface area (Å²) in [6.45, 7) is 3.64. The van der Waals surface area contributed by atoms with Gasteiger partial charge < -0.3 is 10.2 Å². The van der Waals surface area contributed by atoms with Gasteiger partial charge in [-0.2, -0.15) is 0 Å². The van der Waals surface area contributed by atoms with Gasteiger partial charge in [-0.1, -0.05) is 0 Å². The van der Waals surface area contributed by atoms with Crippen LogP contribution in [-0.2, 0) is 0 Å². The normalized spacial score (nSPS) is 17.7. The molecule has 0 radical (unpaired) electrons. The van der Waals surface area contributed by atoms with E-state index in [-0.39, 0.29) is 17.3 Å². The maximum atomic E-state index is 13.8. The lowest BCUT2D eigenvalue weighted by molar-refractivity contribution is -0.384. The number of halogens is 1. The lowest BCUT2D eigenvalue weighted by atomic mass is 10.1. The predicted octanol–water partition coefficient (Wildman–Crippen LogP) is 1.95. The summed E-state index contributed by atoms with van der Waals surface area (Å²) in [5.74, 6) is -1.24. The van der Waals surface area contributed by atoms with Crippen LogP contribution in [0.5, 0.6) is 0 Å². The molecular weight excluding hydrogens is 277 g/mol. The van der Waals surface area contributed by atoms with Gasteiger partial charge in [0.15, 0.2) is 0 Å². The van der Waals surface area contributed by atoms with Gasteiger partial charge in [0, 0.05) is 31.3 Å². The van der Waals surface area contributed by atoms with Crippen LogP contribution in [-0.4, -0.2) is 41.4 Å². The van der Waals surface area contributed by atoms with Crippen molar-refractivity contribution in [2.24, 2.45) is 0 Å². The maximum absolute atomic E-state index is 13.8. The average Bonchev–Trinajstić information content (AvgIpc) is 2.97. The third kappa shape index (κ3) is 3.55. The van der Waals surface area contributed by atoms with Gasteiger partial charge in [-0.05, 0) is 32.4 Å². The van der Waals surface area contributed by atoms with E-state index >= 15 is 0 Å². The van der Waals surface area contributed by atoms with Gasteiger partial charge in [0.25, 0.3) is 11.6 Å². The van der Waals surface area contributed by atoms with Crippen LogP contribution in [0.15, 0.2) is 18.2 Å². The number of benzene rings is 1. The molecule has 1 fully saturated rings. The topological polar surface area (TPSA) is 75.5 Å². The molecule has 7 heteroatoms. The number of nitrogens with zero attached hydrogens (tertiary/aromatic N) is 2. The smallest absolute Gasteiger partial charge is 0.270 e. The summed E-state index contributed by atoms with van der Waals surface area (Å²) in [4.78, 5) is 24.0. The van der Waals surface area contributed by atoms with Crippen molar-refractivity contribution in [3.05, 3.63) is 39.7 Å². The number of rotatable bonds is 5. The highest BCUT2D eigenvalue weighted by atomic mass is 19.1. The van der Waals surface area contributed by atoms with Crippen molar-refractivity contribution in [3.63, 3.8) is 0 Å². The van der Waals surface area contributed by atoms with E-state index < -0.39 is 16.6 Å². The Morgan fingerprint density at radius 1 is 1.57 bits per heavy atom. The van der Waals surface area contributed by atoms with Gasteiger partial charge in [-0.15, -0.1) is 0 Å². The molecule has 1 aromatic carbocycles. The fourth-order valence-electron chi connectivity index (χ4n) is 2.50. The standard InChI is InChI=1S/C14H18FN3O3/c1-2-17(9-10-4-3-7-16-10)14(19)12-8-11(18(20)21)5-6-13(12)15/h5-6,8,10,16H,2-4,7,9H2,1H3. The monoisotopic (exact) mass is 295 g/mol. The molecule has 0 spiro atoms. The summed E-state index contributed by atoms with van der Waals surface area (Å²) in [5, 5.41) is 14.0. The largest absolute Gasteiger partial charge is 0.337 e. The highest BCUT2D eigenvalue weighted by Gasteiger charge is 2.24. The zero-order valence-corrected chi connectivity index (χ0v) is 11.8. The number of non-ortho nitro benzene ring substituents is 1. The van der Waals surface area contributed by atoms with Crippen LogP contribution in [0, 0.1) is 15.9 Å². The Hall–Kier alpha value is -2.02. The minimum Gasteiger partial charge on any atom is -0.337 e. The second-order valence-corrected chi connectivity index (χ2v) is 5.06. The van der Waals surface area contributed by atoms with E-state index in [4.69, 9.17) is 0 Å². The van der Waals surface area contributed by atoms with Crippen molar-refractivity contribution < 1.29 is 14.1 Å². The third-order valence-corrected chi connectivity index (χ3v) is 3.66. The number of nitrogens with one attached hydrogen (secondary N) is 1. The molecule has 1 aromatic rings. The number of carbonyl (C=O) groups excluding carboxylic acids is 1. The Morgan fingerprint density at radius 2 is 2.33 bits per heavy atom. The molecule has 1 aliphatic rings. The minimum atomic E-state index is -0.733. The molecule has 6 nitrogen and oxygen atoms in total. The summed E-state index contributed by atoms with van der Waals surface area (Å²) in [7, 11) is 0. The zero-order valence-electron chi connectivity index (χ0n) is 11.8. The van der Waals surface area contributed by atoms with Crippen LogP contribution in [0.1, 0.15) is 30.1 Å². The van der Waals surface area contributed by atoms with Gasteiger partial charge in [0.1, 0.15) is 5.82 Å². The van der Waals surface area contributed by atoms with Crippen LogP contribution >= 0.6 is 0 Å². The lowest BCUT2D eigenvalue weighted by Crippen LogP contribution is -2.41. The third-order valence-electron chi connectivity index (χ3n) is 3.66. The summed E-state index contributed by atoms with van der Waals surface area (Å²) >= 11 is 0. The Labute approximate surface area is 122 Å². The van der Waals surface area contributed by atoms with Crippen molar-refractivity contribution >= 4 is 11.6 Å². The Kier molecular flexibility index (Phi) is 4.85. The number of hydrogen-bond acceptors (Lipinski definition) is 4. The molecule has 1 N–H and O–H groups in total. The lowest BCUT2D eigenvalue weighted by Gasteiger charge is -2.24. The van der Waals surface area contributed by atoms with Gasteiger partial charge in [0.2, 0.25) is 0 Å². The van der Waals surface area contributed by atoms with E-state index in [9.17, 15) is 19.3 Å². The number of carbonyl (C=O) groups is 1. The number of likely N-dealkylation sites (N-methyl/N-ethyl adjacent to an activating group) is 1. The molecule has 1 saturated heterocycles. The van der Waals surface area contributed by atoms with Crippen LogP contribution in [0.4, 0.5) is 10.1 Å². The molecule has 21 heavy (non-hydrogen) atoms. The van der Waals surface area contributed by atoms with Gasteiger partial charge in [0.05, 0.1) is 10.5 Å². The maximum Gasteiger partial charge on any atom is 0.270 e. The highest BCUT2D eigenvalue weighted by Crippen LogP contribution is 2.19. The van der Waals surface area contributed by atoms with Gasteiger partial charge in [-0.25, -0.2) is 4.39 Å². The molecule has 0 saturated carbocycles. The Bertz CT molecular complexity index is 544. The second kappa shape index (κ2) is 6.62. The van der Waals surface area contributed by atoms with E-state index in [0.29, 0.717) is 13.1 Å². The summed E-state index contributed by atoms with van der Waals surface area (Å²) < 4.78 is 13.8. The number of hydrogen-bond donors (Lipinski definition) is 1. The van der Waals surface area contributed by atoms with Gasteiger partial charge in [-0.3, -0.25) is 14.9 Å². The van der Waals surface area contributed by atoms with E-state index in [2.05, 4.69) is 5.32 Å². The first-order chi connectivity index (χ1) is 10.0. The van der Waals surface area contributed by atoms with Crippen molar-refractivity contribution in [3.8, 4) is 0 Å². The number of nitro groups is 1. The summed E-state index contributed by atoms with van der Waals surface area (Å²) in [6.07, 6.45) is 2.03. The number of amides is 1. The molecule has 1 heterocycles. The molecule has 114 valence electrons. The van der Waals surface area contributed by atoms with E-state index in [0.717, 1.165) is 37.6 Å². The van der Waals surface area contributed by atoms with Gasteiger partial charge >= 0.3 is 0 Å². The zero-order chi connectivity index (χ0) is 15.4. The first-order valence-corrected chi connectivity index (χ1v) is 6.99. The summed E-state index contributed by atoms with van der Waals surface area (Å²) in [6, 6.07) is 3.23. The molecule has 2 rings (SSSR count). The number of nitro benzene ring substituents is 1. The molecule has 1 unspecified atom stereocenters.